The maximum atomic E-state index is 12.5. The molecule has 1 aliphatic carbocycles. The first-order valence-electron chi connectivity index (χ1n) is 12.0. The van der Waals surface area contributed by atoms with Gasteiger partial charge in [0.2, 0.25) is 5.91 Å². The first-order chi connectivity index (χ1) is 17.6. The van der Waals surface area contributed by atoms with Crippen molar-refractivity contribution in [3.63, 3.8) is 0 Å². The number of fused-ring (bicyclic) bond motifs is 3. The molecule has 8 nitrogen and oxygen atoms in total. The minimum atomic E-state index is -0.389. The maximum absolute atomic E-state index is 12.5. The molecule has 2 aliphatic rings. The monoisotopic (exact) mass is 499 g/mol. The van der Waals surface area contributed by atoms with Crippen molar-refractivity contribution in [2.75, 3.05) is 18.0 Å². The summed E-state index contributed by atoms with van der Waals surface area (Å²) in [5.41, 5.74) is 8.17. The van der Waals surface area contributed by atoms with Gasteiger partial charge in [-0.05, 0) is 37.0 Å². The van der Waals surface area contributed by atoms with Crippen molar-refractivity contribution in [1.29, 1.82) is 0 Å². The lowest BCUT2D eigenvalue weighted by Gasteiger charge is -2.16. The topological polar surface area (TPSA) is 100 Å². The number of nitrogens with one attached hydrogen (secondary N) is 2. The predicted molar refractivity (Wildman–Crippen MR) is 139 cm³/mol. The highest BCUT2D eigenvalue weighted by Crippen LogP contribution is 2.39. The van der Waals surface area contributed by atoms with Crippen LogP contribution in [0.25, 0.3) is 33.2 Å². The third kappa shape index (κ3) is 4.15. The van der Waals surface area contributed by atoms with Gasteiger partial charge in [-0.25, -0.2) is 9.78 Å². The normalized spacial score (nSPS) is 16.8. The summed E-state index contributed by atoms with van der Waals surface area (Å²) >= 11 is 1.63. The van der Waals surface area contributed by atoms with Crippen LogP contribution < -0.4 is 10.2 Å². The van der Waals surface area contributed by atoms with Gasteiger partial charge in [-0.2, -0.15) is 5.10 Å². The summed E-state index contributed by atoms with van der Waals surface area (Å²) in [6.45, 7) is 2.17. The van der Waals surface area contributed by atoms with E-state index in [0.29, 0.717) is 13.1 Å². The Bertz CT molecular complexity index is 1440. The fourth-order valence-electron chi connectivity index (χ4n) is 4.88. The van der Waals surface area contributed by atoms with E-state index in [0.717, 1.165) is 63.7 Å². The van der Waals surface area contributed by atoms with Crippen LogP contribution in [0.3, 0.4) is 0 Å². The molecule has 2 aromatic carbocycles. The molecule has 3 heterocycles. The number of amides is 2. The molecule has 1 saturated heterocycles. The molecule has 0 unspecified atom stereocenters. The van der Waals surface area contributed by atoms with Gasteiger partial charge in [-0.15, -0.1) is 11.3 Å². The van der Waals surface area contributed by atoms with Crippen molar-refractivity contribution < 1.29 is 14.3 Å². The Morgan fingerprint density at radius 2 is 2.08 bits per heavy atom. The van der Waals surface area contributed by atoms with Crippen molar-refractivity contribution >= 4 is 29.0 Å². The second-order valence-electron chi connectivity index (χ2n) is 9.08. The van der Waals surface area contributed by atoms with E-state index in [1.807, 2.05) is 30.3 Å². The van der Waals surface area contributed by atoms with Crippen LogP contribution in [0.15, 0.2) is 53.9 Å². The van der Waals surface area contributed by atoms with Crippen molar-refractivity contribution in [3.8, 4) is 33.2 Å². The summed E-state index contributed by atoms with van der Waals surface area (Å²) in [5, 5.41) is 13.7. The van der Waals surface area contributed by atoms with E-state index in [1.165, 1.54) is 12.5 Å². The molecule has 4 aromatic rings. The highest BCUT2D eigenvalue weighted by molar-refractivity contribution is 7.13. The Hall–Kier alpha value is -3.98. The van der Waals surface area contributed by atoms with Crippen molar-refractivity contribution in [3.05, 3.63) is 65.0 Å². The molecule has 0 bridgehead atoms. The molecule has 1 aliphatic heterocycles. The van der Waals surface area contributed by atoms with Gasteiger partial charge in [-0.1, -0.05) is 36.4 Å². The summed E-state index contributed by atoms with van der Waals surface area (Å²) < 4.78 is 5.44. The first kappa shape index (κ1) is 22.5. The zero-order valence-electron chi connectivity index (χ0n) is 19.8. The number of aryl methyl sites for hydroxylation is 1. The number of H-pyrrole nitrogens is 1. The Morgan fingerprint density at radius 1 is 1.22 bits per heavy atom. The summed E-state index contributed by atoms with van der Waals surface area (Å²) in [7, 11) is 0. The van der Waals surface area contributed by atoms with E-state index < -0.39 is 0 Å². The highest BCUT2D eigenvalue weighted by Gasteiger charge is 2.33. The van der Waals surface area contributed by atoms with Crippen molar-refractivity contribution in [1.82, 2.24) is 20.5 Å². The molecule has 0 radical (unpaired) electrons. The lowest BCUT2D eigenvalue weighted by molar-refractivity contribution is -0.119. The number of rotatable bonds is 5. The van der Waals surface area contributed by atoms with E-state index >= 15 is 0 Å². The number of carbonyl (C=O) groups excluding carboxylic acids is 2. The van der Waals surface area contributed by atoms with E-state index in [9.17, 15) is 9.59 Å². The van der Waals surface area contributed by atoms with Crippen LogP contribution in [0.5, 0.6) is 0 Å². The number of aromatic amines is 1. The summed E-state index contributed by atoms with van der Waals surface area (Å²) in [6, 6.07) is 16.3. The van der Waals surface area contributed by atoms with Gasteiger partial charge in [0.05, 0.1) is 30.2 Å². The molecule has 36 heavy (non-hydrogen) atoms. The molecular weight excluding hydrogens is 474 g/mol. The highest BCUT2D eigenvalue weighted by atomic mass is 32.1. The van der Waals surface area contributed by atoms with E-state index in [2.05, 4.69) is 34.0 Å². The molecular formula is C27H25N5O3S. The molecule has 1 atom stereocenters. The van der Waals surface area contributed by atoms with Crippen LogP contribution in [0.2, 0.25) is 0 Å². The third-order valence-corrected chi connectivity index (χ3v) is 7.52. The minimum Gasteiger partial charge on any atom is -0.442 e. The van der Waals surface area contributed by atoms with Gasteiger partial charge in [0.1, 0.15) is 11.1 Å². The van der Waals surface area contributed by atoms with E-state index in [4.69, 9.17) is 14.8 Å². The summed E-state index contributed by atoms with van der Waals surface area (Å²) in [5.74, 6) is -0.141. The van der Waals surface area contributed by atoms with Crippen LogP contribution in [0, 0.1) is 0 Å². The molecule has 2 aromatic heterocycles. The molecule has 2 N–H and O–H groups in total. The number of cyclic esters (lactones) is 1. The number of hydrogen-bond donors (Lipinski definition) is 2. The first-order valence-corrected chi connectivity index (χ1v) is 12.9. The molecule has 0 spiro atoms. The van der Waals surface area contributed by atoms with Crippen LogP contribution in [0.4, 0.5) is 10.5 Å². The van der Waals surface area contributed by atoms with Gasteiger partial charge in [-0.3, -0.25) is 14.8 Å². The Labute approximate surface area is 212 Å². The van der Waals surface area contributed by atoms with Crippen molar-refractivity contribution in [2.45, 2.75) is 32.3 Å². The number of hydrogen-bond acceptors (Lipinski definition) is 6. The SMILES string of the molecule is CC(=O)NC[C@H]1CN(c2ccc3c(c2)CCCc2c-3n[nH]c2-c2csc(-c3ccccc3)n2)C(=O)O1. The van der Waals surface area contributed by atoms with Crippen LogP contribution in [0.1, 0.15) is 24.5 Å². The van der Waals surface area contributed by atoms with Crippen LogP contribution in [-0.2, 0) is 22.4 Å². The van der Waals surface area contributed by atoms with Crippen LogP contribution >= 0.6 is 11.3 Å². The molecule has 1 fully saturated rings. The fraction of sp³-hybridized carbons (Fsp3) is 0.259. The second kappa shape index (κ2) is 9.23. The number of benzene rings is 2. The molecule has 6 rings (SSSR count). The Morgan fingerprint density at radius 3 is 2.92 bits per heavy atom. The van der Waals surface area contributed by atoms with Gasteiger partial charge in [0.15, 0.2) is 0 Å². The Kier molecular flexibility index (Phi) is 5.77. The number of carbonyl (C=O) groups is 2. The minimum absolute atomic E-state index is 0.141. The molecule has 182 valence electrons. The number of thiazole rings is 1. The maximum Gasteiger partial charge on any atom is 0.414 e. The summed E-state index contributed by atoms with van der Waals surface area (Å²) in [4.78, 5) is 30.2. The average molecular weight is 500 g/mol. The fourth-order valence-corrected chi connectivity index (χ4v) is 5.70. The smallest absolute Gasteiger partial charge is 0.414 e. The molecule has 0 saturated carbocycles. The van der Waals surface area contributed by atoms with Gasteiger partial charge < -0.3 is 10.1 Å². The lowest BCUT2D eigenvalue weighted by Crippen LogP contribution is -2.33. The standard InChI is InChI=1S/C27H25N5O3S/c1-16(33)28-13-20-14-32(27(34)35-20)19-10-11-21-18(12-19)8-5-9-22-24(21)30-31-25(22)23-15-36-26(29-23)17-6-3-2-4-7-17/h2-4,6-7,10-12,15,20H,5,8-9,13-14H2,1H3,(H,28,33)(H,30,31)/t20-/m0/s1. The van der Waals surface area contributed by atoms with Gasteiger partial charge >= 0.3 is 6.09 Å². The van der Waals surface area contributed by atoms with Crippen LogP contribution in [-0.4, -0.2) is 46.4 Å². The number of ether oxygens (including phenoxy) is 1. The number of nitrogens with zero attached hydrogens (tertiary/aromatic N) is 3. The molecule has 9 heteroatoms. The van der Waals surface area contributed by atoms with E-state index in [-0.39, 0.29) is 18.1 Å². The van der Waals surface area contributed by atoms with Gasteiger partial charge in [0.25, 0.3) is 0 Å². The predicted octanol–water partition coefficient (Wildman–Crippen LogP) is 4.82. The zero-order chi connectivity index (χ0) is 24.6. The lowest BCUT2D eigenvalue weighted by atomic mass is 10.0. The third-order valence-electron chi connectivity index (χ3n) is 6.63. The van der Waals surface area contributed by atoms with Gasteiger partial charge in [0, 0.05) is 34.7 Å². The van der Waals surface area contributed by atoms with Crippen molar-refractivity contribution in [2.24, 2.45) is 0 Å². The Balaban J connectivity index is 1.28. The summed E-state index contributed by atoms with van der Waals surface area (Å²) in [6.07, 6.45) is 2.01. The zero-order valence-corrected chi connectivity index (χ0v) is 20.6. The van der Waals surface area contributed by atoms with E-state index in [1.54, 1.807) is 16.2 Å². The molecule has 2 amide bonds. The number of aromatic nitrogens is 3. The average Bonchev–Trinajstić information content (AvgIpc) is 3.59. The quantitative estimate of drug-likeness (QED) is 0.410. The largest absolute Gasteiger partial charge is 0.442 e. The second-order valence-corrected chi connectivity index (χ2v) is 9.94. The number of anilines is 1.